The second-order valence-electron chi connectivity index (χ2n) is 7.63. The van der Waals surface area contributed by atoms with Crippen LogP contribution in [0, 0.1) is 6.92 Å². The van der Waals surface area contributed by atoms with Crippen LogP contribution in [0.1, 0.15) is 53.7 Å². The number of carbonyl (C=O) groups excluding carboxylic acids is 1. The topological polar surface area (TPSA) is 85.8 Å². The standard InChI is InChI=1S/C21H32N4O4S/c1-5-27-21(26)18-14(2)17-19(23-15(13-25(3)4)24-20(17)30-18)22-10-8-12-29-16-9-6-7-11-28-16/h16H,5-13H2,1-4H3,(H,22,23,24)/t16-/m0/s1. The van der Waals surface area contributed by atoms with E-state index < -0.39 is 0 Å². The normalized spacial score (nSPS) is 16.9. The summed E-state index contributed by atoms with van der Waals surface area (Å²) in [5, 5.41) is 4.32. The lowest BCUT2D eigenvalue weighted by Gasteiger charge is -2.22. The van der Waals surface area contributed by atoms with Gasteiger partial charge in [0.25, 0.3) is 0 Å². The molecule has 0 radical (unpaired) electrons. The number of aryl methyl sites for hydroxylation is 1. The third-order valence-corrected chi connectivity index (χ3v) is 5.98. The highest BCUT2D eigenvalue weighted by molar-refractivity contribution is 7.20. The number of nitrogens with zero attached hydrogens (tertiary/aromatic N) is 3. The fourth-order valence-corrected chi connectivity index (χ4v) is 4.49. The number of anilines is 1. The van der Waals surface area contributed by atoms with Gasteiger partial charge in [-0.1, -0.05) is 0 Å². The summed E-state index contributed by atoms with van der Waals surface area (Å²) in [6.07, 6.45) is 4.02. The van der Waals surface area contributed by atoms with Crippen LogP contribution in [-0.4, -0.2) is 67.6 Å². The number of hydrogen-bond acceptors (Lipinski definition) is 9. The smallest absolute Gasteiger partial charge is 0.348 e. The summed E-state index contributed by atoms with van der Waals surface area (Å²) in [6, 6.07) is 0. The van der Waals surface area contributed by atoms with Crippen molar-refractivity contribution >= 4 is 33.3 Å². The first kappa shape index (κ1) is 22.9. The molecule has 1 aliphatic heterocycles. The van der Waals surface area contributed by atoms with Gasteiger partial charge in [0, 0.05) is 13.2 Å². The molecule has 9 heteroatoms. The molecule has 1 aliphatic rings. The minimum Gasteiger partial charge on any atom is -0.462 e. The van der Waals surface area contributed by atoms with Gasteiger partial charge in [-0.05, 0) is 59.2 Å². The number of nitrogens with one attached hydrogen (secondary N) is 1. The van der Waals surface area contributed by atoms with E-state index in [2.05, 4.69) is 10.3 Å². The van der Waals surface area contributed by atoms with Crippen molar-refractivity contribution in [2.45, 2.75) is 52.4 Å². The number of ether oxygens (including phenoxy) is 3. The Morgan fingerprint density at radius 3 is 2.87 bits per heavy atom. The molecule has 166 valence electrons. The molecule has 8 nitrogen and oxygen atoms in total. The van der Waals surface area contributed by atoms with Crippen molar-refractivity contribution in [2.24, 2.45) is 0 Å². The molecular formula is C21H32N4O4S. The van der Waals surface area contributed by atoms with E-state index in [9.17, 15) is 4.79 Å². The summed E-state index contributed by atoms with van der Waals surface area (Å²) in [6.45, 7) is 6.84. The molecule has 3 heterocycles. The minimum atomic E-state index is -0.306. The zero-order valence-electron chi connectivity index (χ0n) is 18.3. The first-order chi connectivity index (χ1) is 14.5. The molecule has 0 bridgehead atoms. The highest BCUT2D eigenvalue weighted by Crippen LogP contribution is 2.34. The molecular weight excluding hydrogens is 404 g/mol. The van der Waals surface area contributed by atoms with Crippen molar-refractivity contribution in [1.29, 1.82) is 0 Å². The van der Waals surface area contributed by atoms with Gasteiger partial charge in [-0.3, -0.25) is 0 Å². The molecule has 0 aromatic carbocycles. The summed E-state index contributed by atoms with van der Waals surface area (Å²) in [5.41, 5.74) is 0.860. The first-order valence-corrected chi connectivity index (χ1v) is 11.4. The summed E-state index contributed by atoms with van der Waals surface area (Å²) in [4.78, 5) is 25.2. The molecule has 0 unspecified atom stereocenters. The second-order valence-corrected chi connectivity index (χ2v) is 8.63. The molecule has 1 fully saturated rings. The Morgan fingerprint density at radius 2 is 2.17 bits per heavy atom. The molecule has 0 saturated carbocycles. The van der Waals surface area contributed by atoms with E-state index in [4.69, 9.17) is 19.2 Å². The largest absolute Gasteiger partial charge is 0.462 e. The lowest BCUT2D eigenvalue weighted by molar-refractivity contribution is -0.162. The highest BCUT2D eigenvalue weighted by Gasteiger charge is 2.21. The maximum atomic E-state index is 12.3. The molecule has 1 saturated heterocycles. The van der Waals surface area contributed by atoms with Gasteiger partial charge in [0.15, 0.2) is 6.29 Å². The zero-order valence-corrected chi connectivity index (χ0v) is 19.1. The quantitative estimate of drug-likeness (QED) is 0.447. The molecule has 2 aromatic rings. The fourth-order valence-electron chi connectivity index (χ4n) is 3.39. The van der Waals surface area contributed by atoms with Crippen molar-refractivity contribution in [2.75, 3.05) is 45.8 Å². The van der Waals surface area contributed by atoms with E-state index in [-0.39, 0.29) is 12.3 Å². The molecule has 0 aliphatic carbocycles. The zero-order chi connectivity index (χ0) is 21.5. The van der Waals surface area contributed by atoms with Crippen LogP contribution >= 0.6 is 11.3 Å². The Balaban J connectivity index is 1.72. The molecule has 1 N–H and O–H groups in total. The van der Waals surface area contributed by atoms with Crippen LogP contribution in [-0.2, 0) is 20.8 Å². The predicted molar refractivity (Wildman–Crippen MR) is 118 cm³/mol. The lowest BCUT2D eigenvalue weighted by atomic mass is 10.2. The predicted octanol–water partition coefficient (Wildman–Crippen LogP) is 3.58. The first-order valence-electron chi connectivity index (χ1n) is 10.6. The third kappa shape index (κ3) is 5.87. The molecule has 3 rings (SSSR count). The van der Waals surface area contributed by atoms with Crippen molar-refractivity contribution in [3.05, 3.63) is 16.3 Å². The van der Waals surface area contributed by atoms with E-state index in [1.54, 1.807) is 0 Å². The minimum absolute atomic E-state index is 0.0672. The van der Waals surface area contributed by atoms with Crippen LogP contribution < -0.4 is 5.32 Å². The summed E-state index contributed by atoms with van der Waals surface area (Å²) >= 11 is 1.36. The van der Waals surface area contributed by atoms with Crippen LogP contribution in [0.4, 0.5) is 5.82 Å². The molecule has 1 atom stereocenters. The van der Waals surface area contributed by atoms with Crippen LogP contribution in [0.5, 0.6) is 0 Å². The van der Waals surface area contributed by atoms with Crippen molar-refractivity contribution in [1.82, 2.24) is 14.9 Å². The average Bonchev–Trinajstić information content (AvgIpc) is 3.05. The number of thiophene rings is 1. The van der Waals surface area contributed by atoms with E-state index in [0.29, 0.717) is 31.2 Å². The van der Waals surface area contributed by atoms with Gasteiger partial charge in [-0.2, -0.15) is 0 Å². The maximum Gasteiger partial charge on any atom is 0.348 e. The number of carbonyl (C=O) groups is 1. The van der Waals surface area contributed by atoms with E-state index in [1.165, 1.54) is 11.3 Å². The van der Waals surface area contributed by atoms with E-state index in [0.717, 1.165) is 59.7 Å². The Hall–Kier alpha value is -1.81. The number of rotatable bonds is 10. The van der Waals surface area contributed by atoms with Crippen LogP contribution in [0.25, 0.3) is 10.2 Å². The van der Waals surface area contributed by atoms with Gasteiger partial charge in [0.1, 0.15) is 21.3 Å². The van der Waals surface area contributed by atoms with Gasteiger partial charge in [0.05, 0.1) is 25.1 Å². The Labute approximate surface area is 181 Å². The summed E-state index contributed by atoms with van der Waals surface area (Å²) in [7, 11) is 3.96. The van der Waals surface area contributed by atoms with Gasteiger partial charge < -0.3 is 24.4 Å². The number of hydrogen-bond donors (Lipinski definition) is 1. The highest BCUT2D eigenvalue weighted by atomic mass is 32.1. The average molecular weight is 437 g/mol. The summed E-state index contributed by atoms with van der Waals surface area (Å²) < 4.78 is 16.6. The van der Waals surface area contributed by atoms with Gasteiger partial charge >= 0.3 is 5.97 Å². The van der Waals surface area contributed by atoms with Gasteiger partial charge in [-0.15, -0.1) is 11.3 Å². The van der Waals surface area contributed by atoms with Crippen LogP contribution in [0.3, 0.4) is 0 Å². The number of esters is 1. The second kappa shape index (κ2) is 11.0. The fraction of sp³-hybridized carbons (Fsp3) is 0.667. The molecule has 0 amide bonds. The Kier molecular flexibility index (Phi) is 8.38. The number of aromatic nitrogens is 2. The van der Waals surface area contributed by atoms with Crippen molar-refractivity contribution < 1.29 is 19.0 Å². The third-order valence-electron chi connectivity index (χ3n) is 4.81. The van der Waals surface area contributed by atoms with E-state index >= 15 is 0 Å². The number of fused-ring (bicyclic) bond motifs is 1. The molecule has 2 aromatic heterocycles. The van der Waals surface area contributed by atoms with Crippen LogP contribution in [0.2, 0.25) is 0 Å². The van der Waals surface area contributed by atoms with Crippen molar-refractivity contribution in [3.8, 4) is 0 Å². The lowest BCUT2D eigenvalue weighted by Crippen LogP contribution is -2.23. The van der Waals surface area contributed by atoms with Gasteiger partial charge in [0.2, 0.25) is 0 Å². The van der Waals surface area contributed by atoms with Crippen LogP contribution in [0.15, 0.2) is 0 Å². The van der Waals surface area contributed by atoms with Gasteiger partial charge in [-0.25, -0.2) is 14.8 Å². The molecule has 0 spiro atoms. The van der Waals surface area contributed by atoms with E-state index in [1.807, 2.05) is 32.8 Å². The Morgan fingerprint density at radius 1 is 1.33 bits per heavy atom. The van der Waals surface area contributed by atoms with Crippen molar-refractivity contribution in [3.63, 3.8) is 0 Å². The Bertz CT molecular complexity index is 849. The summed E-state index contributed by atoms with van der Waals surface area (Å²) in [5.74, 6) is 1.17. The monoisotopic (exact) mass is 436 g/mol. The maximum absolute atomic E-state index is 12.3. The SMILES string of the molecule is CCOC(=O)c1sc2nc(CN(C)C)nc(NCCCO[C@H]3CCCCO3)c2c1C. The molecule has 30 heavy (non-hydrogen) atoms.